The van der Waals surface area contributed by atoms with Crippen molar-refractivity contribution in [1.82, 2.24) is 9.78 Å². The van der Waals surface area contributed by atoms with Crippen LogP contribution in [0.2, 0.25) is 0 Å². The van der Waals surface area contributed by atoms with Crippen LogP contribution >= 0.6 is 0 Å². The fourth-order valence-electron chi connectivity index (χ4n) is 4.50. The second-order valence-corrected chi connectivity index (χ2v) is 9.79. The summed E-state index contributed by atoms with van der Waals surface area (Å²) in [6.07, 6.45) is 0.759. The molecule has 0 N–H and O–H groups in total. The lowest BCUT2D eigenvalue weighted by Crippen LogP contribution is -2.22. The van der Waals surface area contributed by atoms with Gasteiger partial charge in [0.2, 0.25) is 6.79 Å². The van der Waals surface area contributed by atoms with Crippen LogP contribution in [-0.2, 0) is 14.6 Å². The molecule has 2 atom stereocenters. The summed E-state index contributed by atoms with van der Waals surface area (Å²) in [5, 5.41) is 4.65. The van der Waals surface area contributed by atoms with E-state index < -0.39 is 9.84 Å². The Balaban J connectivity index is 1.60. The Morgan fingerprint density at radius 2 is 1.89 bits per heavy atom. The van der Waals surface area contributed by atoms with Crippen molar-refractivity contribution in [3.63, 3.8) is 0 Å². The van der Waals surface area contributed by atoms with Crippen LogP contribution < -0.4 is 14.2 Å². The van der Waals surface area contributed by atoms with E-state index in [0.29, 0.717) is 23.7 Å². The van der Waals surface area contributed by atoms with Crippen molar-refractivity contribution in [3.8, 4) is 17.2 Å². The van der Waals surface area contributed by atoms with Crippen LogP contribution in [0, 0.1) is 13.8 Å². The molecule has 3 aliphatic heterocycles. The van der Waals surface area contributed by atoms with Crippen molar-refractivity contribution in [2.75, 3.05) is 18.3 Å². The van der Waals surface area contributed by atoms with Crippen molar-refractivity contribution in [1.29, 1.82) is 0 Å². The number of aromatic nitrogens is 2. The molecule has 1 aromatic heterocycles. The molecular weight excluding hydrogens is 384 g/mol. The van der Waals surface area contributed by atoms with Gasteiger partial charge >= 0.3 is 5.97 Å². The molecule has 1 fully saturated rings. The van der Waals surface area contributed by atoms with Gasteiger partial charge in [-0.15, -0.1) is 0 Å². The molecular formula is C19H20N2O6S. The predicted octanol–water partition coefficient (Wildman–Crippen LogP) is 2.03. The first-order valence-corrected chi connectivity index (χ1v) is 11.0. The highest BCUT2D eigenvalue weighted by Gasteiger charge is 2.37. The number of hydrogen-bond donors (Lipinski definition) is 0. The van der Waals surface area contributed by atoms with Crippen LogP contribution in [0.5, 0.6) is 17.2 Å². The zero-order valence-corrected chi connectivity index (χ0v) is 16.4. The molecule has 148 valence electrons. The molecule has 2 aromatic rings. The smallest absolute Gasteiger partial charge is 0.312 e. The predicted molar refractivity (Wildman–Crippen MR) is 98.7 cm³/mol. The Morgan fingerprint density at radius 1 is 1.14 bits per heavy atom. The maximum absolute atomic E-state index is 12.3. The maximum atomic E-state index is 12.3. The molecule has 0 bridgehead atoms. The largest absolute Gasteiger partial charge is 0.454 e. The third-order valence-corrected chi connectivity index (χ3v) is 7.51. The Bertz CT molecular complexity index is 1100. The maximum Gasteiger partial charge on any atom is 0.312 e. The van der Waals surface area contributed by atoms with Crippen molar-refractivity contribution >= 4 is 15.8 Å². The molecule has 0 spiro atoms. The number of carbonyl (C=O) groups excluding carboxylic acids is 1. The van der Waals surface area contributed by atoms with E-state index in [-0.39, 0.29) is 42.6 Å². The molecule has 1 saturated heterocycles. The van der Waals surface area contributed by atoms with Crippen LogP contribution in [0.1, 0.15) is 47.3 Å². The minimum absolute atomic E-state index is 0.108. The highest BCUT2D eigenvalue weighted by Crippen LogP contribution is 2.47. The van der Waals surface area contributed by atoms with Gasteiger partial charge in [0.15, 0.2) is 21.3 Å². The molecule has 1 aromatic carbocycles. The SMILES string of the molecule is Cc1nn([C@@H]2CCS(=O)(=O)C2)c(C)c1[C@H]1CC(=O)Oc2cc3c(cc21)OCO3. The van der Waals surface area contributed by atoms with Crippen molar-refractivity contribution < 1.29 is 27.4 Å². The van der Waals surface area contributed by atoms with Crippen LogP contribution in [0.4, 0.5) is 0 Å². The summed E-state index contributed by atoms with van der Waals surface area (Å²) < 4.78 is 42.0. The molecule has 0 radical (unpaired) electrons. The highest BCUT2D eigenvalue weighted by molar-refractivity contribution is 7.91. The van der Waals surface area contributed by atoms with Gasteiger partial charge in [-0.25, -0.2) is 8.42 Å². The molecule has 5 rings (SSSR count). The zero-order valence-electron chi connectivity index (χ0n) is 15.6. The lowest BCUT2D eigenvalue weighted by molar-refractivity contribution is -0.135. The number of carbonyl (C=O) groups is 1. The summed E-state index contributed by atoms with van der Waals surface area (Å²) in [7, 11) is -3.02. The van der Waals surface area contributed by atoms with Crippen LogP contribution in [0.25, 0.3) is 0 Å². The standard InChI is InChI=1S/C19H20N2O6S/c1-10-19(11(2)21(20-10)12-3-4-28(23,24)8-12)14-6-18(22)27-15-7-17-16(5-13(14)15)25-9-26-17/h5,7,12,14H,3-4,6,8-9H2,1-2H3/t12-,14+/m1/s1. The molecule has 0 aliphatic carbocycles. The van der Waals surface area contributed by atoms with E-state index in [1.807, 2.05) is 24.6 Å². The lowest BCUT2D eigenvalue weighted by atomic mass is 9.85. The summed E-state index contributed by atoms with van der Waals surface area (Å²) in [5.41, 5.74) is 3.49. The average molecular weight is 404 g/mol. The molecule has 28 heavy (non-hydrogen) atoms. The number of aryl methyl sites for hydroxylation is 1. The number of ether oxygens (including phenoxy) is 3. The Kier molecular flexibility index (Phi) is 3.74. The van der Waals surface area contributed by atoms with Gasteiger partial charge in [0, 0.05) is 28.8 Å². The molecule has 0 saturated carbocycles. The fourth-order valence-corrected chi connectivity index (χ4v) is 6.19. The van der Waals surface area contributed by atoms with E-state index >= 15 is 0 Å². The first-order chi connectivity index (χ1) is 13.3. The van der Waals surface area contributed by atoms with E-state index in [0.717, 1.165) is 22.5 Å². The number of fused-ring (bicyclic) bond motifs is 2. The summed E-state index contributed by atoms with van der Waals surface area (Å²) >= 11 is 0. The van der Waals surface area contributed by atoms with E-state index in [1.165, 1.54) is 0 Å². The first kappa shape index (κ1) is 17.5. The van der Waals surface area contributed by atoms with Gasteiger partial charge in [-0.2, -0.15) is 5.10 Å². The van der Waals surface area contributed by atoms with Gasteiger partial charge in [-0.1, -0.05) is 0 Å². The minimum atomic E-state index is -3.02. The summed E-state index contributed by atoms with van der Waals surface area (Å²) in [5.74, 6) is 1.42. The lowest BCUT2D eigenvalue weighted by Gasteiger charge is -2.25. The second kappa shape index (κ2) is 5.97. The Labute approximate surface area is 162 Å². The van der Waals surface area contributed by atoms with Crippen molar-refractivity contribution in [2.45, 2.75) is 38.6 Å². The second-order valence-electron chi connectivity index (χ2n) is 7.56. The molecule has 3 aliphatic rings. The first-order valence-electron chi connectivity index (χ1n) is 9.22. The van der Waals surface area contributed by atoms with Gasteiger partial charge in [-0.3, -0.25) is 9.48 Å². The summed E-state index contributed by atoms with van der Waals surface area (Å²) in [4.78, 5) is 12.3. The van der Waals surface area contributed by atoms with Gasteiger partial charge in [0.25, 0.3) is 0 Å². The van der Waals surface area contributed by atoms with Crippen molar-refractivity contribution in [3.05, 3.63) is 34.6 Å². The number of esters is 1. The zero-order chi connectivity index (χ0) is 19.6. The summed E-state index contributed by atoms with van der Waals surface area (Å²) in [6, 6.07) is 3.40. The Morgan fingerprint density at radius 3 is 2.61 bits per heavy atom. The van der Waals surface area contributed by atoms with Gasteiger partial charge in [0.05, 0.1) is 29.7 Å². The average Bonchev–Trinajstić information content (AvgIpc) is 3.30. The minimum Gasteiger partial charge on any atom is -0.454 e. The number of rotatable bonds is 2. The quantitative estimate of drug-likeness (QED) is 0.558. The van der Waals surface area contributed by atoms with E-state index in [1.54, 1.807) is 6.07 Å². The van der Waals surface area contributed by atoms with Gasteiger partial charge in [-0.05, 0) is 26.3 Å². The monoisotopic (exact) mass is 404 g/mol. The third-order valence-electron chi connectivity index (χ3n) is 5.76. The van der Waals surface area contributed by atoms with Crippen LogP contribution in [0.15, 0.2) is 12.1 Å². The molecule has 0 amide bonds. The molecule has 9 heteroatoms. The van der Waals surface area contributed by atoms with E-state index in [4.69, 9.17) is 14.2 Å². The van der Waals surface area contributed by atoms with Crippen molar-refractivity contribution in [2.24, 2.45) is 0 Å². The molecule has 0 unspecified atom stereocenters. The fraction of sp³-hybridized carbons (Fsp3) is 0.474. The van der Waals surface area contributed by atoms with Gasteiger partial charge < -0.3 is 14.2 Å². The van der Waals surface area contributed by atoms with E-state index in [9.17, 15) is 13.2 Å². The number of hydrogen-bond acceptors (Lipinski definition) is 7. The molecule has 4 heterocycles. The summed E-state index contributed by atoms with van der Waals surface area (Å²) in [6.45, 7) is 3.98. The molecule has 8 nitrogen and oxygen atoms in total. The van der Waals surface area contributed by atoms with Crippen LogP contribution in [0.3, 0.4) is 0 Å². The number of sulfone groups is 1. The van der Waals surface area contributed by atoms with Gasteiger partial charge in [0.1, 0.15) is 5.75 Å². The highest BCUT2D eigenvalue weighted by atomic mass is 32.2. The van der Waals surface area contributed by atoms with Crippen LogP contribution in [-0.4, -0.2) is 42.5 Å². The Hall–Kier alpha value is -2.55. The number of benzene rings is 1. The number of nitrogens with zero attached hydrogens (tertiary/aromatic N) is 2. The topological polar surface area (TPSA) is 96.7 Å². The van der Waals surface area contributed by atoms with E-state index in [2.05, 4.69) is 5.10 Å². The normalized spacial score (nSPS) is 24.9. The third kappa shape index (κ3) is 2.68.